The molecule has 2 heterocycles. The van der Waals surface area contributed by atoms with Crippen LogP contribution in [-0.4, -0.2) is 54.2 Å². The Hall–Kier alpha value is -1.62. The van der Waals surface area contributed by atoms with Crippen LogP contribution in [0, 0.1) is 6.92 Å². The van der Waals surface area contributed by atoms with E-state index in [1.165, 1.54) is 6.20 Å². The van der Waals surface area contributed by atoms with E-state index in [1.807, 2.05) is 20.0 Å². The van der Waals surface area contributed by atoms with Crippen molar-refractivity contribution in [1.29, 1.82) is 0 Å². The lowest BCUT2D eigenvalue weighted by Crippen LogP contribution is -2.45. The Kier molecular flexibility index (Phi) is 4.04. The maximum Gasteiger partial charge on any atom is 0.339 e. The van der Waals surface area contributed by atoms with Crippen molar-refractivity contribution in [2.24, 2.45) is 0 Å². The summed E-state index contributed by atoms with van der Waals surface area (Å²) in [6.45, 7) is 3.97. The van der Waals surface area contributed by atoms with Crippen LogP contribution in [0.4, 0.5) is 5.69 Å². The van der Waals surface area contributed by atoms with Crippen molar-refractivity contribution in [2.45, 2.75) is 25.8 Å². The minimum absolute atomic E-state index is 0.279. The highest BCUT2D eigenvalue weighted by Gasteiger charge is 2.24. The number of likely N-dealkylation sites (tertiary alicyclic amines) is 1. The number of hydrogen-bond acceptors (Lipinski definition) is 4. The minimum atomic E-state index is -0.918. The van der Waals surface area contributed by atoms with Crippen molar-refractivity contribution in [1.82, 2.24) is 9.88 Å². The van der Waals surface area contributed by atoms with Crippen LogP contribution in [0.15, 0.2) is 12.3 Å². The van der Waals surface area contributed by atoms with Gasteiger partial charge in [0.1, 0.15) is 5.56 Å². The second kappa shape index (κ2) is 5.57. The van der Waals surface area contributed by atoms with Gasteiger partial charge in [0.25, 0.3) is 0 Å². The number of carboxylic acids is 1. The lowest BCUT2D eigenvalue weighted by atomic mass is 10.0. The fourth-order valence-electron chi connectivity index (χ4n) is 2.65. The molecule has 0 bridgehead atoms. The van der Waals surface area contributed by atoms with Gasteiger partial charge in [-0.1, -0.05) is 0 Å². The van der Waals surface area contributed by atoms with E-state index in [1.54, 1.807) is 0 Å². The third kappa shape index (κ3) is 3.04. The average molecular weight is 263 g/mol. The van der Waals surface area contributed by atoms with Gasteiger partial charge < -0.3 is 14.9 Å². The Morgan fingerprint density at radius 2 is 2.32 bits per heavy atom. The summed E-state index contributed by atoms with van der Waals surface area (Å²) in [7, 11) is 4.08. The van der Waals surface area contributed by atoms with Crippen molar-refractivity contribution >= 4 is 11.7 Å². The molecule has 0 aliphatic carbocycles. The molecule has 1 unspecified atom stereocenters. The summed E-state index contributed by atoms with van der Waals surface area (Å²) >= 11 is 0. The third-order valence-corrected chi connectivity index (χ3v) is 3.78. The molecule has 0 spiro atoms. The fraction of sp³-hybridized carbons (Fsp3) is 0.571. The molecule has 1 N–H and O–H groups in total. The third-order valence-electron chi connectivity index (χ3n) is 3.78. The second-order valence-electron chi connectivity index (χ2n) is 5.32. The highest BCUT2D eigenvalue weighted by Crippen LogP contribution is 2.25. The molecular weight excluding hydrogens is 242 g/mol. The van der Waals surface area contributed by atoms with E-state index in [0.717, 1.165) is 37.3 Å². The topological polar surface area (TPSA) is 56.7 Å². The number of aromatic carboxylic acids is 1. The zero-order valence-corrected chi connectivity index (χ0v) is 11.8. The zero-order chi connectivity index (χ0) is 14.0. The number of rotatable bonds is 3. The van der Waals surface area contributed by atoms with Gasteiger partial charge in [-0.3, -0.25) is 4.98 Å². The quantitative estimate of drug-likeness (QED) is 0.898. The summed E-state index contributed by atoms with van der Waals surface area (Å²) in [5.41, 5.74) is 1.89. The van der Waals surface area contributed by atoms with Gasteiger partial charge in [0, 0.05) is 31.5 Å². The highest BCUT2D eigenvalue weighted by atomic mass is 16.4. The molecule has 0 saturated carbocycles. The van der Waals surface area contributed by atoms with Crippen molar-refractivity contribution in [3.63, 3.8) is 0 Å². The number of piperidine rings is 1. The van der Waals surface area contributed by atoms with Crippen LogP contribution in [0.2, 0.25) is 0 Å². The van der Waals surface area contributed by atoms with Crippen molar-refractivity contribution in [3.05, 3.63) is 23.5 Å². The number of hydrogen-bond donors (Lipinski definition) is 1. The molecule has 1 aliphatic rings. The van der Waals surface area contributed by atoms with E-state index in [0.29, 0.717) is 6.04 Å². The van der Waals surface area contributed by atoms with Crippen molar-refractivity contribution in [3.8, 4) is 0 Å². The number of pyridine rings is 1. The van der Waals surface area contributed by atoms with E-state index in [-0.39, 0.29) is 5.56 Å². The number of nitrogens with zero attached hydrogens (tertiary/aromatic N) is 3. The van der Waals surface area contributed by atoms with Crippen LogP contribution in [-0.2, 0) is 0 Å². The Morgan fingerprint density at radius 3 is 2.95 bits per heavy atom. The molecule has 0 radical (unpaired) electrons. The predicted octanol–water partition coefficient (Wildman–Crippen LogP) is 1.62. The summed E-state index contributed by atoms with van der Waals surface area (Å²) in [4.78, 5) is 19.8. The molecule has 1 aliphatic heterocycles. The molecule has 1 atom stereocenters. The van der Waals surface area contributed by atoms with Crippen LogP contribution in [0.5, 0.6) is 0 Å². The first-order chi connectivity index (χ1) is 8.99. The number of likely N-dealkylation sites (N-methyl/N-ethyl adjacent to an activating group) is 2. The fourth-order valence-corrected chi connectivity index (χ4v) is 2.65. The monoisotopic (exact) mass is 263 g/mol. The predicted molar refractivity (Wildman–Crippen MR) is 74.9 cm³/mol. The van der Waals surface area contributed by atoms with Gasteiger partial charge in [-0.2, -0.15) is 0 Å². The number of carbonyl (C=O) groups is 1. The SMILES string of the molecule is Cc1cc(N(C)C2CCCN(C)C2)c(C(=O)O)cn1. The summed E-state index contributed by atoms with van der Waals surface area (Å²) in [6, 6.07) is 2.22. The van der Waals surface area contributed by atoms with E-state index >= 15 is 0 Å². The van der Waals surface area contributed by atoms with Crippen LogP contribution >= 0.6 is 0 Å². The Balaban J connectivity index is 2.29. The van der Waals surface area contributed by atoms with Gasteiger partial charge in [0.15, 0.2) is 0 Å². The Bertz CT molecular complexity index is 476. The molecule has 1 aromatic heterocycles. The summed E-state index contributed by atoms with van der Waals surface area (Å²) in [5.74, 6) is -0.918. The average Bonchev–Trinajstić information content (AvgIpc) is 2.37. The second-order valence-corrected chi connectivity index (χ2v) is 5.32. The first-order valence-corrected chi connectivity index (χ1v) is 6.60. The van der Waals surface area contributed by atoms with Gasteiger partial charge in [-0.05, 0) is 39.4 Å². The van der Waals surface area contributed by atoms with E-state index < -0.39 is 5.97 Å². The minimum Gasteiger partial charge on any atom is -0.478 e. The number of anilines is 1. The maximum atomic E-state index is 11.3. The van der Waals surface area contributed by atoms with E-state index in [2.05, 4.69) is 21.8 Å². The number of carboxylic acid groups (broad SMARTS) is 1. The van der Waals surface area contributed by atoms with Crippen molar-refractivity contribution in [2.75, 3.05) is 32.1 Å². The molecule has 0 amide bonds. The summed E-state index contributed by atoms with van der Waals surface area (Å²) in [6.07, 6.45) is 3.70. The lowest BCUT2D eigenvalue weighted by molar-refractivity contribution is 0.0697. The number of aromatic nitrogens is 1. The van der Waals surface area contributed by atoms with Gasteiger partial charge in [0.2, 0.25) is 0 Å². The molecule has 19 heavy (non-hydrogen) atoms. The molecule has 5 heteroatoms. The first-order valence-electron chi connectivity index (χ1n) is 6.60. The molecule has 0 aromatic carbocycles. The van der Waals surface area contributed by atoms with E-state index in [9.17, 15) is 9.90 Å². The smallest absolute Gasteiger partial charge is 0.339 e. The maximum absolute atomic E-state index is 11.3. The lowest BCUT2D eigenvalue weighted by Gasteiger charge is -2.37. The normalized spacial score (nSPS) is 20.3. The molecule has 2 rings (SSSR count). The summed E-state index contributed by atoms with van der Waals surface area (Å²) < 4.78 is 0. The molecule has 5 nitrogen and oxygen atoms in total. The first kappa shape index (κ1) is 13.8. The van der Waals surface area contributed by atoms with Crippen LogP contribution in [0.1, 0.15) is 28.9 Å². The van der Waals surface area contributed by atoms with Crippen LogP contribution in [0.25, 0.3) is 0 Å². The largest absolute Gasteiger partial charge is 0.478 e. The number of aryl methyl sites for hydroxylation is 1. The molecular formula is C14H21N3O2. The van der Waals surface area contributed by atoms with E-state index in [4.69, 9.17) is 0 Å². The van der Waals surface area contributed by atoms with Gasteiger partial charge in [0.05, 0.1) is 5.69 Å². The van der Waals surface area contributed by atoms with Gasteiger partial charge in [-0.25, -0.2) is 4.79 Å². The van der Waals surface area contributed by atoms with Crippen LogP contribution in [0.3, 0.4) is 0 Å². The van der Waals surface area contributed by atoms with Gasteiger partial charge in [-0.15, -0.1) is 0 Å². The molecule has 1 fully saturated rings. The zero-order valence-electron chi connectivity index (χ0n) is 11.8. The molecule has 1 aromatic rings. The van der Waals surface area contributed by atoms with Gasteiger partial charge >= 0.3 is 5.97 Å². The van der Waals surface area contributed by atoms with Crippen LogP contribution < -0.4 is 4.90 Å². The van der Waals surface area contributed by atoms with Crippen molar-refractivity contribution < 1.29 is 9.90 Å². The Labute approximate surface area is 113 Å². The molecule has 104 valence electrons. The Morgan fingerprint density at radius 1 is 1.58 bits per heavy atom. The highest BCUT2D eigenvalue weighted by molar-refractivity contribution is 5.94. The molecule has 1 saturated heterocycles. The summed E-state index contributed by atoms with van der Waals surface area (Å²) in [5, 5.41) is 9.28. The standard InChI is InChI=1S/C14H21N3O2/c1-10-7-13(12(8-15-10)14(18)19)17(3)11-5-4-6-16(2)9-11/h7-8,11H,4-6,9H2,1-3H3,(H,18,19).